The summed E-state index contributed by atoms with van der Waals surface area (Å²) in [6, 6.07) is 2.62. The Kier molecular flexibility index (Phi) is 2.27. The van der Waals surface area contributed by atoms with Crippen molar-refractivity contribution in [3.63, 3.8) is 0 Å². The fraction of sp³-hybridized carbons (Fsp3) is 0.538. The third kappa shape index (κ3) is 1.52. The number of imidazole rings is 1. The Labute approximate surface area is 111 Å². The van der Waals surface area contributed by atoms with Crippen molar-refractivity contribution >= 4 is 22.9 Å². The lowest BCUT2D eigenvalue weighted by Gasteiger charge is -2.46. The standard InChI is InChI=1S/C13H15ClN4/c14-12-7-11(13-15-5-6-18(13)16-12)17-8-9-1-3-10(17)4-2-9/h5-7,9-10H,1-4,8H2. The average molecular weight is 263 g/mol. The minimum absolute atomic E-state index is 0.539. The molecule has 94 valence electrons. The lowest BCUT2D eigenvalue weighted by molar-refractivity contribution is 0.252. The molecular weight excluding hydrogens is 248 g/mol. The predicted octanol–water partition coefficient (Wildman–Crippen LogP) is 2.76. The van der Waals surface area contributed by atoms with Crippen LogP contribution in [0.15, 0.2) is 18.5 Å². The van der Waals surface area contributed by atoms with E-state index in [-0.39, 0.29) is 0 Å². The van der Waals surface area contributed by atoms with Crippen LogP contribution in [0.1, 0.15) is 25.7 Å². The Morgan fingerprint density at radius 2 is 2.06 bits per heavy atom. The van der Waals surface area contributed by atoms with E-state index in [2.05, 4.69) is 15.0 Å². The van der Waals surface area contributed by atoms with Gasteiger partial charge in [0.15, 0.2) is 10.8 Å². The van der Waals surface area contributed by atoms with Crippen LogP contribution in [0.3, 0.4) is 0 Å². The summed E-state index contributed by atoms with van der Waals surface area (Å²) in [5.74, 6) is 0.844. The highest BCUT2D eigenvalue weighted by Crippen LogP contribution is 2.39. The third-order valence-electron chi connectivity index (χ3n) is 4.33. The smallest absolute Gasteiger partial charge is 0.177 e. The number of piperidine rings is 2. The van der Waals surface area contributed by atoms with Crippen molar-refractivity contribution in [3.05, 3.63) is 23.6 Å². The van der Waals surface area contributed by atoms with E-state index >= 15 is 0 Å². The van der Waals surface area contributed by atoms with Crippen LogP contribution in [-0.4, -0.2) is 27.2 Å². The van der Waals surface area contributed by atoms with Crippen molar-refractivity contribution in [2.45, 2.75) is 31.7 Å². The summed E-state index contributed by atoms with van der Waals surface area (Å²) >= 11 is 6.12. The van der Waals surface area contributed by atoms with Gasteiger partial charge in [0.25, 0.3) is 0 Å². The van der Waals surface area contributed by atoms with Crippen molar-refractivity contribution in [2.75, 3.05) is 11.4 Å². The molecule has 2 bridgehead atoms. The first-order valence-electron chi connectivity index (χ1n) is 6.58. The number of anilines is 1. The summed E-state index contributed by atoms with van der Waals surface area (Å²) in [5, 5.41) is 4.78. The Balaban J connectivity index is 1.84. The second-order valence-electron chi connectivity index (χ2n) is 5.37. The maximum atomic E-state index is 6.12. The summed E-state index contributed by atoms with van der Waals surface area (Å²) in [6.07, 6.45) is 9.00. The fourth-order valence-electron chi connectivity index (χ4n) is 3.44. The van der Waals surface area contributed by atoms with Gasteiger partial charge in [0, 0.05) is 31.0 Å². The number of fused-ring (bicyclic) bond motifs is 4. The van der Waals surface area contributed by atoms with E-state index in [0.717, 1.165) is 23.8 Å². The highest BCUT2D eigenvalue weighted by atomic mass is 35.5. The molecule has 18 heavy (non-hydrogen) atoms. The number of aromatic nitrogens is 3. The maximum Gasteiger partial charge on any atom is 0.177 e. The Morgan fingerprint density at radius 3 is 2.78 bits per heavy atom. The van der Waals surface area contributed by atoms with Crippen molar-refractivity contribution < 1.29 is 0 Å². The minimum atomic E-state index is 0.539. The van der Waals surface area contributed by atoms with E-state index in [0.29, 0.717) is 11.2 Å². The number of nitrogens with zero attached hydrogens (tertiary/aromatic N) is 4. The van der Waals surface area contributed by atoms with Gasteiger partial charge >= 0.3 is 0 Å². The summed E-state index contributed by atoms with van der Waals surface area (Å²) in [7, 11) is 0. The molecule has 5 heteroatoms. The minimum Gasteiger partial charge on any atom is -0.365 e. The molecular formula is C13H15ClN4. The Bertz CT molecular complexity index is 586. The van der Waals surface area contributed by atoms with Gasteiger partial charge in [-0.05, 0) is 31.6 Å². The topological polar surface area (TPSA) is 33.4 Å². The van der Waals surface area contributed by atoms with E-state index in [1.165, 1.54) is 25.7 Å². The van der Waals surface area contributed by atoms with Gasteiger partial charge in [-0.15, -0.1) is 0 Å². The molecule has 0 amide bonds. The van der Waals surface area contributed by atoms with Crippen LogP contribution < -0.4 is 4.90 Å². The normalized spacial score (nSPS) is 27.1. The first-order chi connectivity index (χ1) is 8.81. The SMILES string of the molecule is Clc1cc(N2CC3CCC2CC3)c2nccn2n1. The molecule has 0 atom stereocenters. The van der Waals surface area contributed by atoms with Crippen LogP contribution in [0.2, 0.25) is 5.15 Å². The monoisotopic (exact) mass is 262 g/mol. The zero-order valence-corrected chi connectivity index (χ0v) is 10.8. The maximum absolute atomic E-state index is 6.12. The number of rotatable bonds is 1. The van der Waals surface area contributed by atoms with Crippen molar-refractivity contribution in [2.24, 2.45) is 5.92 Å². The highest BCUT2D eigenvalue weighted by Gasteiger charge is 2.34. The molecule has 2 aromatic heterocycles. The predicted molar refractivity (Wildman–Crippen MR) is 71.1 cm³/mol. The van der Waals surface area contributed by atoms with Crippen LogP contribution in [-0.2, 0) is 0 Å². The molecule has 0 unspecified atom stereocenters. The van der Waals surface area contributed by atoms with E-state index < -0.39 is 0 Å². The molecule has 5 rings (SSSR count). The van der Waals surface area contributed by atoms with Crippen LogP contribution in [0, 0.1) is 5.92 Å². The van der Waals surface area contributed by atoms with Gasteiger partial charge in [-0.1, -0.05) is 11.6 Å². The molecule has 4 nitrogen and oxygen atoms in total. The van der Waals surface area contributed by atoms with Crippen LogP contribution >= 0.6 is 11.6 Å². The molecule has 1 saturated carbocycles. The van der Waals surface area contributed by atoms with Crippen LogP contribution in [0.5, 0.6) is 0 Å². The third-order valence-corrected chi connectivity index (χ3v) is 4.52. The van der Waals surface area contributed by atoms with Crippen molar-refractivity contribution in [3.8, 4) is 0 Å². The summed E-state index contributed by atoms with van der Waals surface area (Å²) in [5.41, 5.74) is 2.07. The van der Waals surface area contributed by atoms with Crippen molar-refractivity contribution in [1.82, 2.24) is 14.6 Å². The zero-order chi connectivity index (χ0) is 12.1. The van der Waals surface area contributed by atoms with E-state index in [9.17, 15) is 0 Å². The van der Waals surface area contributed by atoms with Crippen molar-refractivity contribution in [1.29, 1.82) is 0 Å². The quantitative estimate of drug-likeness (QED) is 0.792. The van der Waals surface area contributed by atoms with Gasteiger partial charge in [-0.2, -0.15) is 5.10 Å². The van der Waals surface area contributed by atoms with E-state index in [1.807, 2.05) is 12.3 Å². The molecule has 0 N–H and O–H groups in total. The van der Waals surface area contributed by atoms with Crippen LogP contribution in [0.4, 0.5) is 5.69 Å². The lowest BCUT2D eigenvalue weighted by atomic mass is 9.80. The lowest BCUT2D eigenvalue weighted by Crippen LogP contribution is -2.48. The summed E-state index contributed by atoms with van der Waals surface area (Å²) in [4.78, 5) is 6.91. The number of hydrogen-bond acceptors (Lipinski definition) is 3. The largest absolute Gasteiger partial charge is 0.365 e. The van der Waals surface area contributed by atoms with Gasteiger partial charge < -0.3 is 4.90 Å². The summed E-state index contributed by atoms with van der Waals surface area (Å²) < 4.78 is 1.78. The van der Waals surface area contributed by atoms with Gasteiger partial charge in [-0.3, -0.25) is 0 Å². The average Bonchev–Trinajstić information content (AvgIpc) is 2.87. The second kappa shape index (κ2) is 3.85. The van der Waals surface area contributed by atoms with Gasteiger partial charge in [-0.25, -0.2) is 9.50 Å². The fourth-order valence-corrected chi connectivity index (χ4v) is 3.63. The first-order valence-corrected chi connectivity index (χ1v) is 6.95. The summed E-state index contributed by atoms with van der Waals surface area (Å²) in [6.45, 7) is 1.15. The molecule has 2 saturated heterocycles. The van der Waals surface area contributed by atoms with Gasteiger partial charge in [0.1, 0.15) is 0 Å². The van der Waals surface area contributed by atoms with Gasteiger partial charge in [0.2, 0.25) is 0 Å². The molecule has 0 aromatic carbocycles. The Morgan fingerprint density at radius 1 is 1.22 bits per heavy atom. The molecule has 3 fully saturated rings. The van der Waals surface area contributed by atoms with E-state index in [1.54, 1.807) is 10.7 Å². The first kappa shape index (κ1) is 10.6. The van der Waals surface area contributed by atoms with Crippen LogP contribution in [0.25, 0.3) is 5.65 Å². The zero-order valence-electron chi connectivity index (χ0n) is 10.1. The Hall–Kier alpha value is -1.29. The molecule has 0 radical (unpaired) electrons. The highest BCUT2D eigenvalue weighted by molar-refractivity contribution is 6.29. The van der Waals surface area contributed by atoms with Gasteiger partial charge in [0.05, 0.1) is 5.69 Å². The number of hydrogen-bond donors (Lipinski definition) is 0. The number of halogens is 1. The molecule has 3 aliphatic rings. The molecule has 1 aliphatic carbocycles. The van der Waals surface area contributed by atoms with E-state index in [4.69, 9.17) is 11.6 Å². The molecule has 2 aromatic rings. The molecule has 4 heterocycles. The second-order valence-corrected chi connectivity index (χ2v) is 5.76. The molecule has 0 spiro atoms. The molecule has 2 aliphatic heterocycles.